The van der Waals surface area contributed by atoms with Crippen LogP contribution in [0.4, 0.5) is 27.6 Å². The van der Waals surface area contributed by atoms with Crippen LogP contribution in [0.25, 0.3) is 5.69 Å². The summed E-state index contributed by atoms with van der Waals surface area (Å²) in [6.07, 6.45) is -4.94. The zero-order valence-electron chi connectivity index (χ0n) is 18.8. The van der Waals surface area contributed by atoms with Crippen molar-refractivity contribution >= 4 is 23.4 Å². The molecule has 0 saturated carbocycles. The molecule has 2 heterocycles. The first-order valence-electron chi connectivity index (χ1n) is 10.3. The summed E-state index contributed by atoms with van der Waals surface area (Å²) < 4.78 is 67.6. The van der Waals surface area contributed by atoms with Gasteiger partial charge in [0.2, 0.25) is 0 Å². The number of aromatic nitrogens is 5. The van der Waals surface area contributed by atoms with Crippen molar-refractivity contribution in [2.45, 2.75) is 30.9 Å². The quantitative estimate of drug-likeness (QED) is 0.205. The molecule has 4 aromatic rings. The summed E-state index contributed by atoms with van der Waals surface area (Å²) in [4.78, 5) is 21.7. The van der Waals surface area contributed by atoms with Gasteiger partial charge < -0.3 is 5.32 Å². The lowest BCUT2D eigenvalue weighted by Gasteiger charge is -2.11. The topological polar surface area (TPSA) is 85.6 Å². The molecule has 186 valence electrons. The largest absolute Gasteiger partial charge is 0.419 e. The van der Waals surface area contributed by atoms with Crippen LogP contribution >= 0.6 is 11.8 Å². The number of thioether (sulfide) groups is 1. The second-order valence-electron chi connectivity index (χ2n) is 7.64. The van der Waals surface area contributed by atoms with Gasteiger partial charge in [0, 0.05) is 22.8 Å². The Morgan fingerprint density at radius 3 is 2.31 bits per heavy atom. The minimum Gasteiger partial charge on any atom is -0.321 e. The molecule has 0 atom stereocenters. The number of halogens is 5. The molecule has 0 aliphatic carbocycles. The van der Waals surface area contributed by atoms with Crippen molar-refractivity contribution in [2.75, 3.05) is 5.32 Å². The van der Waals surface area contributed by atoms with Crippen LogP contribution in [0.2, 0.25) is 0 Å². The number of carbonyl (C=O) groups excluding carboxylic acids is 1. The third-order valence-corrected chi connectivity index (χ3v) is 5.74. The van der Waals surface area contributed by atoms with E-state index in [0.717, 1.165) is 17.5 Å². The van der Waals surface area contributed by atoms with Gasteiger partial charge in [0.05, 0.1) is 16.9 Å². The third kappa shape index (κ3) is 5.67. The number of nitrogens with one attached hydrogen (secondary N) is 1. The standard InChI is InChI=1S/C23H17F5N6OS/c1-12-9-13(2)30-22(29-12)36-11-19-20(32-33-34(19)16-6-3-14(24)4-7-16)21(35)31-15-5-8-18(25)17(10-15)23(26,27)28/h3-10H,11H2,1-2H3,(H,31,35). The number of alkyl halides is 3. The van der Waals surface area contributed by atoms with Crippen LogP contribution < -0.4 is 5.32 Å². The lowest BCUT2D eigenvalue weighted by Crippen LogP contribution is -2.16. The lowest BCUT2D eigenvalue weighted by atomic mass is 10.1. The Kier molecular flexibility index (Phi) is 7.02. The first kappa shape index (κ1) is 25.2. The normalized spacial score (nSPS) is 11.5. The Balaban J connectivity index is 1.68. The maximum atomic E-state index is 13.6. The number of nitrogens with zero attached hydrogens (tertiary/aromatic N) is 5. The Labute approximate surface area is 205 Å². The van der Waals surface area contributed by atoms with Crippen LogP contribution in [-0.2, 0) is 11.9 Å². The highest BCUT2D eigenvalue weighted by Gasteiger charge is 2.34. The maximum Gasteiger partial charge on any atom is 0.419 e. The van der Waals surface area contributed by atoms with Crippen molar-refractivity contribution in [3.63, 3.8) is 0 Å². The van der Waals surface area contributed by atoms with Crippen LogP contribution in [0, 0.1) is 25.5 Å². The summed E-state index contributed by atoms with van der Waals surface area (Å²) in [6, 6.07) is 9.19. The van der Waals surface area contributed by atoms with Gasteiger partial charge in [0.15, 0.2) is 10.9 Å². The predicted molar refractivity (Wildman–Crippen MR) is 122 cm³/mol. The van der Waals surface area contributed by atoms with E-state index in [9.17, 15) is 26.7 Å². The number of amides is 1. The van der Waals surface area contributed by atoms with E-state index < -0.39 is 29.3 Å². The Morgan fingerprint density at radius 2 is 1.67 bits per heavy atom. The van der Waals surface area contributed by atoms with Gasteiger partial charge in [-0.1, -0.05) is 17.0 Å². The summed E-state index contributed by atoms with van der Waals surface area (Å²) in [7, 11) is 0. The molecule has 1 amide bonds. The van der Waals surface area contributed by atoms with E-state index in [1.807, 2.05) is 0 Å². The molecule has 36 heavy (non-hydrogen) atoms. The molecule has 0 fully saturated rings. The van der Waals surface area contributed by atoms with Gasteiger partial charge in [-0.05, 0) is 62.4 Å². The third-order valence-electron chi connectivity index (χ3n) is 4.88. The predicted octanol–water partition coefficient (Wildman–Crippen LogP) is 5.52. The number of aryl methyl sites for hydroxylation is 2. The van der Waals surface area contributed by atoms with Gasteiger partial charge in [-0.3, -0.25) is 4.79 Å². The van der Waals surface area contributed by atoms with Crippen molar-refractivity contribution in [1.82, 2.24) is 25.0 Å². The minimum absolute atomic E-state index is 0.104. The Bertz CT molecular complexity index is 1400. The fraction of sp³-hybridized carbons (Fsp3) is 0.174. The van der Waals surface area contributed by atoms with Crippen molar-refractivity contribution < 1.29 is 26.7 Å². The molecule has 4 rings (SSSR count). The number of benzene rings is 2. The number of hydrogen-bond donors (Lipinski definition) is 1. The molecule has 0 unspecified atom stereocenters. The molecule has 0 radical (unpaired) electrons. The summed E-state index contributed by atoms with van der Waals surface area (Å²) >= 11 is 1.19. The number of carbonyl (C=O) groups is 1. The number of rotatable bonds is 6. The highest BCUT2D eigenvalue weighted by molar-refractivity contribution is 7.98. The number of anilines is 1. The minimum atomic E-state index is -4.94. The molecular weight excluding hydrogens is 503 g/mol. The van der Waals surface area contributed by atoms with Gasteiger partial charge >= 0.3 is 6.18 Å². The van der Waals surface area contributed by atoms with Gasteiger partial charge in [-0.2, -0.15) is 13.2 Å². The Hall–Kier alpha value is -3.87. The van der Waals surface area contributed by atoms with Crippen molar-refractivity contribution in [3.8, 4) is 5.69 Å². The summed E-state index contributed by atoms with van der Waals surface area (Å²) in [5, 5.41) is 10.6. The van der Waals surface area contributed by atoms with Gasteiger partial charge in [-0.15, -0.1) is 5.10 Å². The highest BCUT2D eigenvalue weighted by Crippen LogP contribution is 2.33. The van der Waals surface area contributed by atoms with E-state index in [1.165, 1.54) is 40.7 Å². The van der Waals surface area contributed by atoms with Crippen molar-refractivity contribution in [2.24, 2.45) is 0 Å². The fourth-order valence-corrected chi connectivity index (χ4v) is 4.24. The second-order valence-corrected chi connectivity index (χ2v) is 8.58. The second kappa shape index (κ2) is 10.0. The van der Waals surface area contributed by atoms with E-state index in [2.05, 4.69) is 25.6 Å². The lowest BCUT2D eigenvalue weighted by molar-refractivity contribution is -0.139. The molecule has 0 saturated heterocycles. The van der Waals surface area contributed by atoms with E-state index in [-0.39, 0.29) is 22.8 Å². The molecule has 1 N–H and O–H groups in total. The molecule has 2 aromatic heterocycles. The maximum absolute atomic E-state index is 13.6. The van der Waals surface area contributed by atoms with E-state index >= 15 is 0 Å². The van der Waals surface area contributed by atoms with Crippen LogP contribution in [-0.4, -0.2) is 30.9 Å². The van der Waals surface area contributed by atoms with Crippen LogP contribution in [0.3, 0.4) is 0 Å². The van der Waals surface area contributed by atoms with Crippen molar-refractivity contribution in [3.05, 3.63) is 88.5 Å². The molecule has 0 aliphatic rings. The van der Waals surface area contributed by atoms with Gasteiger partial charge in [0.25, 0.3) is 5.91 Å². The number of hydrogen-bond acceptors (Lipinski definition) is 6. The summed E-state index contributed by atoms with van der Waals surface area (Å²) in [5.74, 6) is -2.70. The SMILES string of the molecule is Cc1cc(C)nc(SCc2c(C(=O)Nc3ccc(F)c(C(F)(F)F)c3)nnn2-c2ccc(F)cc2)n1. The summed E-state index contributed by atoms with van der Waals surface area (Å²) in [5.41, 5.74) is 0.175. The first-order valence-corrected chi connectivity index (χ1v) is 11.3. The van der Waals surface area contributed by atoms with Gasteiger partial charge in [-0.25, -0.2) is 23.4 Å². The van der Waals surface area contributed by atoms with Crippen LogP contribution in [0.1, 0.15) is 33.1 Å². The van der Waals surface area contributed by atoms with Gasteiger partial charge in [0.1, 0.15) is 11.6 Å². The smallest absolute Gasteiger partial charge is 0.321 e. The molecular formula is C23H17F5N6OS. The Morgan fingerprint density at radius 1 is 1.00 bits per heavy atom. The highest BCUT2D eigenvalue weighted by atomic mass is 32.2. The van der Waals surface area contributed by atoms with E-state index in [4.69, 9.17) is 0 Å². The molecule has 0 bridgehead atoms. The first-order chi connectivity index (χ1) is 17.0. The van der Waals surface area contributed by atoms with Crippen LogP contribution in [0.5, 0.6) is 0 Å². The zero-order valence-corrected chi connectivity index (χ0v) is 19.6. The average Bonchev–Trinajstić information content (AvgIpc) is 3.22. The van der Waals surface area contributed by atoms with E-state index in [0.29, 0.717) is 23.0 Å². The molecule has 13 heteroatoms. The summed E-state index contributed by atoms with van der Waals surface area (Å²) in [6.45, 7) is 3.61. The fourth-order valence-electron chi connectivity index (χ4n) is 3.30. The molecule has 2 aromatic carbocycles. The monoisotopic (exact) mass is 520 g/mol. The van der Waals surface area contributed by atoms with Crippen LogP contribution in [0.15, 0.2) is 53.7 Å². The molecule has 0 spiro atoms. The molecule has 0 aliphatic heterocycles. The van der Waals surface area contributed by atoms with E-state index in [1.54, 1.807) is 19.9 Å². The molecule has 7 nitrogen and oxygen atoms in total. The van der Waals surface area contributed by atoms with Crippen molar-refractivity contribution in [1.29, 1.82) is 0 Å². The zero-order chi connectivity index (χ0) is 26.0. The average molecular weight is 520 g/mol.